The number of nitro groups is 1. The number of hydrogen-bond acceptors (Lipinski definition) is 5. The monoisotopic (exact) mass is 377 g/mol. The Morgan fingerprint density at radius 2 is 2.04 bits per heavy atom. The third kappa shape index (κ3) is 5.93. The fourth-order valence-electron chi connectivity index (χ4n) is 2.26. The molecule has 0 spiro atoms. The van der Waals surface area contributed by atoms with Gasteiger partial charge in [-0.05, 0) is 24.3 Å². The van der Waals surface area contributed by atoms with Gasteiger partial charge >= 0.3 is 0 Å². The van der Waals surface area contributed by atoms with Crippen molar-refractivity contribution in [1.29, 1.82) is 0 Å². The van der Waals surface area contributed by atoms with Gasteiger partial charge in [-0.1, -0.05) is 29.8 Å². The summed E-state index contributed by atoms with van der Waals surface area (Å²) in [7, 11) is 1.69. The molecule has 26 heavy (non-hydrogen) atoms. The Bertz CT molecular complexity index is 770. The molecular formula is C18H20ClN3O4. The van der Waals surface area contributed by atoms with Gasteiger partial charge in [-0.3, -0.25) is 14.9 Å². The predicted octanol–water partition coefficient (Wildman–Crippen LogP) is 3.59. The molecule has 0 atom stereocenters. The van der Waals surface area contributed by atoms with Crippen LogP contribution in [0.25, 0.3) is 0 Å². The lowest BCUT2D eigenvalue weighted by Gasteiger charge is -2.18. The zero-order chi connectivity index (χ0) is 18.9. The molecule has 0 saturated heterocycles. The quantitative estimate of drug-likeness (QED) is 0.533. The number of ether oxygens (including phenoxy) is 1. The van der Waals surface area contributed by atoms with Gasteiger partial charge in [0.2, 0.25) is 5.91 Å². The standard InChI is InChI=1S/C18H20ClN3O4/c1-21(11-12-26-15-6-4-5-14(19)13-15)18(23)9-10-20-16-7-2-3-8-17(16)22(24)25/h2-8,13,20H,9-12H2,1H3. The first-order chi connectivity index (χ1) is 12.5. The highest BCUT2D eigenvalue weighted by molar-refractivity contribution is 6.30. The van der Waals surface area contributed by atoms with Crippen molar-refractivity contribution in [3.63, 3.8) is 0 Å². The SMILES string of the molecule is CN(CCOc1cccc(Cl)c1)C(=O)CCNc1ccccc1[N+](=O)[O-]. The second-order valence-electron chi connectivity index (χ2n) is 5.57. The minimum absolute atomic E-state index is 0.0109. The predicted molar refractivity (Wildman–Crippen MR) is 101 cm³/mol. The normalized spacial score (nSPS) is 10.2. The van der Waals surface area contributed by atoms with Crippen LogP contribution >= 0.6 is 11.6 Å². The number of nitrogens with one attached hydrogen (secondary N) is 1. The average molecular weight is 378 g/mol. The van der Waals surface area contributed by atoms with E-state index >= 15 is 0 Å². The number of benzene rings is 2. The highest BCUT2D eigenvalue weighted by atomic mass is 35.5. The van der Waals surface area contributed by atoms with Crippen molar-refractivity contribution in [3.8, 4) is 5.75 Å². The van der Waals surface area contributed by atoms with Crippen LogP contribution in [0.3, 0.4) is 0 Å². The second-order valence-corrected chi connectivity index (χ2v) is 6.01. The van der Waals surface area contributed by atoms with Gasteiger partial charge < -0.3 is 15.0 Å². The van der Waals surface area contributed by atoms with Gasteiger partial charge in [0.25, 0.3) is 5.69 Å². The number of carbonyl (C=O) groups is 1. The lowest BCUT2D eigenvalue weighted by molar-refractivity contribution is -0.384. The number of nitrogens with zero attached hydrogens (tertiary/aromatic N) is 2. The van der Waals surface area contributed by atoms with Crippen LogP contribution in [0.2, 0.25) is 5.02 Å². The number of para-hydroxylation sites is 2. The molecular weight excluding hydrogens is 358 g/mol. The van der Waals surface area contributed by atoms with Gasteiger partial charge in [0.1, 0.15) is 18.0 Å². The van der Waals surface area contributed by atoms with Crippen molar-refractivity contribution in [2.75, 3.05) is 32.1 Å². The summed E-state index contributed by atoms with van der Waals surface area (Å²) in [5, 5.41) is 14.5. The number of anilines is 1. The molecule has 0 bridgehead atoms. The van der Waals surface area contributed by atoms with Crippen LogP contribution in [0.4, 0.5) is 11.4 Å². The number of halogens is 1. The molecule has 1 amide bonds. The maximum atomic E-state index is 12.1. The van der Waals surface area contributed by atoms with Crippen LogP contribution in [-0.2, 0) is 4.79 Å². The van der Waals surface area contributed by atoms with Gasteiger partial charge in [0.05, 0.1) is 11.5 Å². The molecule has 138 valence electrons. The van der Waals surface area contributed by atoms with Crippen molar-refractivity contribution in [2.24, 2.45) is 0 Å². The molecule has 2 aromatic rings. The van der Waals surface area contributed by atoms with E-state index in [1.54, 1.807) is 54.4 Å². The highest BCUT2D eigenvalue weighted by Gasteiger charge is 2.13. The minimum Gasteiger partial charge on any atom is -0.492 e. The van der Waals surface area contributed by atoms with Crippen molar-refractivity contribution < 1.29 is 14.5 Å². The third-order valence-electron chi connectivity index (χ3n) is 3.67. The van der Waals surface area contributed by atoms with Crippen LogP contribution in [0.5, 0.6) is 5.75 Å². The van der Waals surface area contributed by atoms with E-state index in [0.717, 1.165) is 0 Å². The van der Waals surface area contributed by atoms with Crippen LogP contribution < -0.4 is 10.1 Å². The summed E-state index contributed by atoms with van der Waals surface area (Å²) in [4.78, 5) is 24.2. The fourth-order valence-corrected chi connectivity index (χ4v) is 2.44. The summed E-state index contributed by atoms with van der Waals surface area (Å²) >= 11 is 5.88. The topological polar surface area (TPSA) is 84.7 Å². The largest absolute Gasteiger partial charge is 0.492 e. The van der Waals surface area contributed by atoms with Crippen LogP contribution in [0.1, 0.15) is 6.42 Å². The van der Waals surface area contributed by atoms with E-state index in [1.165, 1.54) is 6.07 Å². The van der Waals surface area contributed by atoms with Crippen molar-refractivity contribution in [2.45, 2.75) is 6.42 Å². The van der Waals surface area contributed by atoms with Gasteiger partial charge in [-0.25, -0.2) is 0 Å². The van der Waals surface area contributed by atoms with E-state index in [0.29, 0.717) is 36.2 Å². The average Bonchev–Trinajstić information content (AvgIpc) is 2.62. The maximum Gasteiger partial charge on any atom is 0.292 e. The molecule has 0 aliphatic heterocycles. The fraction of sp³-hybridized carbons (Fsp3) is 0.278. The summed E-state index contributed by atoms with van der Waals surface area (Å²) in [6.07, 6.45) is 0.222. The molecule has 0 unspecified atom stereocenters. The van der Waals surface area contributed by atoms with E-state index in [4.69, 9.17) is 16.3 Å². The molecule has 0 radical (unpaired) electrons. The number of nitro benzene ring substituents is 1. The van der Waals surface area contributed by atoms with Gasteiger partial charge in [0, 0.05) is 31.1 Å². The number of hydrogen-bond donors (Lipinski definition) is 1. The molecule has 8 heteroatoms. The van der Waals surface area contributed by atoms with E-state index < -0.39 is 4.92 Å². The summed E-state index contributed by atoms with van der Waals surface area (Å²) in [5.41, 5.74) is 0.389. The number of likely N-dealkylation sites (N-methyl/N-ethyl adjacent to an activating group) is 1. The summed E-state index contributed by atoms with van der Waals surface area (Å²) < 4.78 is 5.55. The Balaban J connectivity index is 1.73. The van der Waals surface area contributed by atoms with E-state index in [9.17, 15) is 14.9 Å². The maximum absolute atomic E-state index is 12.1. The molecule has 1 N–H and O–H groups in total. The van der Waals surface area contributed by atoms with Gasteiger partial charge in [-0.2, -0.15) is 0 Å². The second kappa shape index (κ2) is 9.62. The summed E-state index contributed by atoms with van der Waals surface area (Å²) in [5.74, 6) is 0.571. The van der Waals surface area contributed by atoms with E-state index in [1.807, 2.05) is 0 Å². The smallest absolute Gasteiger partial charge is 0.292 e. The molecule has 0 aliphatic rings. The Labute approximate surface area is 156 Å². The zero-order valence-electron chi connectivity index (χ0n) is 14.4. The number of rotatable bonds is 9. The van der Waals surface area contributed by atoms with Crippen LogP contribution in [-0.4, -0.2) is 42.5 Å². The molecule has 0 aromatic heterocycles. The summed E-state index contributed by atoms with van der Waals surface area (Å²) in [6.45, 7) is 1.08. The number of carbonyl (C=O) groups excluding carboxylic acids is 1. The van der Waals surface area contributed by atoms with Crippen LogP contribution in [0, 0.1) is 10.1 Å². The van der Waals surface area contributed by atoms with E-state index in [-0.39, 0.29) is 18.0 Å². The third-order valence-corrected chi connectivity index (χ3v) is 3.91. The molecule has 0 heterocycles. The lowest BCUT2D eigenvalue weighted by Crippen LogP contribution is -2.32. The first-order valence-corrected chi connectivity index (χ1v) is 8.45. The lowest BCUT2D eigenvalue weighted by atomic mass is 10.2. The zero-order valence-corrected chi connectivity index (χ0v) is 15.1. The van der Waals surface area contributed by atoms with Crippen LogP contribution in [0.15, 0.2) is 48.5 Å². The molecule has 2 aromatic carbocycles. The Morgan fingerprint density at radius 3 is 2.77 bits per heavy atom. The van der Waals surface area contributed by atoms with Gasteiger partial charge in [-0.15, -0.1) is 0 Å². The molecule has 7 nitrogen and oxygen atoms in total. The highest BCUT2D eigenvalue weighted by Crippen LogP contribution is 2.23. The molecule has 2 rings (SSSR count). The van der Waals surface area contributed by atoms with Crippen molar-refractivity contribution in [1.82, 2.24) is 4.90 Å². The van der Waals surface area contributed by atoms with E-state index in [2.05, 4.69) is 5.32 Å². The number of amides is 1. The Morgan fingerprint density at radius 1 is 1.27 bits per heavy atom. The van der Waals surface area contributed by atoms with Crippen molar-refractivity contribution in [3.05, 3.63) is 63.7 Å². The Kier molecular flexibility index (Phi) is 7.23. The molecule has 0 saturated carbocycles. The molecule has 0 fully saturated rings. The Hall–Kier alpha value is -2.80. The van der Waals surface area contributed by atoms with Gasteiger partial charge in [0.15, 0.2) is 0 Å². The van der Waals surface area contributed by atoms with Crippen molar-refractivity contribution >= 4 is 28.9 Å². The first-order valence-electron chi connectivity index (χ1n) is 8.07. The molecule has 0 aliphatic carbocycles. The summed E-state index contributed by atoms with van der Waals surface area (Å²) in [6, 6.07) is 13.4. The minimum atomic E-state index is -0.455. The first kappa shape index (κ1) is 19.5.